The number of aromatic hydroxyl groups is 2. The van der Waals surface area contributed by atoms with Crippen LogP contribution in [-0.2, 0) is 0 Å². The van der Waals surface area contributed by atoms with Gasteiger partial charge < -0.3 is 10.2 Å². The Balaban J connectivity index is 0.000000205. The number of rotatable bonds is 1. The average Bonchev–Trinajstić information content (AvgIpc) is 2.51. The fourth-order valence-electron chi connectivity index (χ4n) is 1.65. The third-order valence-corrected chi connectivity index (χ3v) is 2.68. The van der Waals surface area contributed by atoms with E-state index in [9.17, 15) is 0 Å². The van der Waals surface area contributed by atoms with Crippen LogP contribution in [0.4, 0.5) is 0 Å². The third-order valence-electron chi connectivity index (χ3n) is 2.68. The second-order valence-electron chi connectivity index (χ2n) is 4.17. The fraction of sp³-hybridized carbons (Fsp3) is 0. The van der Waals surface area contributed by atoms with Gasteiger partial charge in [0.15, 0.2) is 0 Å². The highest BCUT2D eigenvalue weighted by molar-refractivity contribution is 5.64. The molecule has 0 bridgehead atoms. The minimum Gasteiger partial charge on any atom is -0.508 e. The molecule has 20 heavy (non-hydrogen) atoms. The lowest BCUT2D eigenvalue weighted by Crippen LogP contribution is -1.75. The lowest BCUT2D eigenvalue weighted by atomic mass is 10.1. The molecule has 0 spiro atoms. The molecule has 0 saturated carbocycles. The van der Waals surface area contributed by atoms with Crippen molar-refractivity contribution < 1.29 is 10.2 Å². The van der Waals surface area contributed by atoms with Crippen LogP contribution >= 0.6 is 0 Å². The lowest BCUT2D eigenvalue weighted by molar-refractivity contribution is 0.474. The monoisotopic (exact) mass is 263 g/mol. The van der Waals surface area contributed by atoms with E-state index in [0.29, 0.717) is 0 Å². The first kappa shape index (κ1) is 13.7. The quantitative estimate of drug-likeness (QED) is 0.689. The Hall–Kier alpha value is -2.74. The van der Waals surface area contributed by atoms with Crippen molar-refractivity contribution in [3.8, 4) is 22.6 Å². The Bertz CT molecular complexity index is 544. The molecule has 0 aliphatic rings. The highest BCUT2D eigenvalue weighted by Crippen LogP contribution is 2.23. The van der Waals surface area contributed by atoms with Gasteiger partial charge in [0.05, 0.1) is 0 Å². The van der Waals surface area contributed by atoms with E-state index < -0.39 is 0 Å². The van der Waals surface area contributed by atoms with Crippen LogP contribution in [0, 0.1) is 6.07 Å². The summed E-state index contributed by atoms with van der Waals surface area (Å²) in [5, 5.41) is 18.2. The molecule has 0 amide bonds. The van der Waals surface area contributed by atoms with Gasteiger partial charge in [-0.3, -0.25) is 0 Å². The molecule has 0 heterocycles. The summed E-state index contributed by atoms with van der Waals surface area (Å²) in [7, 11) is 0. The first-order valence-electron chi connectivity index (χ1n) is 6.25. The second-order valence-corrected chi connectivity index (χ2v) is 4.17. The molecule has 3 aromatic rings. The molecule has 0 fully saturated rings. The number of hydrogen-bond acceptors (Lipinski definition) is 2. The maximum atomic E-state index is 9.11. The molecule has 3 aromatic carbocycles. The van der Waals surface area contributed by atoms with Gasteiger partial charge in [0.1, 0.15) is 11.5 Å². The molecule has 2 N–H and O–H groups in total. The van der Waals surface area contributed by atoms with E-state index in [1.54, 1.807) is 24.3 Å². The predicted octanol–water partition coefficient (Wildman–Crippen LogP) is 4.25. The maximum Gasteiger partial charge on any atom is 0.115 e. The molecular weight excluding hydrogens is 248 g/mol. The van der Waals surface area contributed by atoms with Crippen LogP contribution in [-0.4, -0.2) is 10.2 Å². The third kappa shape index (κ3) is 4.18. The zero-order chi connectivity index (χ0) is 14.2. The van der Waals surface area contributed by atoms with Gasteiger partial charge in [-0.25, -0.2) is 0 Å². The first-order chi connectivity index (χ1) is 9.75. The molecule has 2 nitrogen and oxygen atoms in total. The zero-order valence-electron chi connectivity index (χ0n) is 10.9. The SMILES string of the molecule is Oc1ccc(-c2ccc(O)cc2)cc1.[c]1ccccc1. The zero-order valence-corrected chi connectivity index (χ0v) is 10.9. The van der Waals surface area contributed by atoms with Crippen LogP contribution in [0.3, 0.4) is 0 Å². The summed E-state index contributed by atoms with van der Waals surface area (Å²) in [4.78, 5) is 0. The first-order valence-corrected chi connectivity index (χ1v) is 6.25. The van der Waals surface area contributed by atoms with Crippen LogP contribution in [0.5, 0.6) is 11.5 Å². The van der Waals surface area contributed by atoms with Gasteiger partial charge in [0, 0.05) is 0 Å². The average molecular weight is 263 g/mol. The minimum atomic E-state index is 0.257. The summed E-state index contributed by atoms with van der Waals surface area (Å²) in [6, 6.07) is 26.4. The predicted molar refractivity (Wildman–Crippen MR) is 80.5 cm³/mol. The fourth-order valence-corrected chi connectivity index (χ4v) is 1.65. The molecule has 0 aromatic heterocycles. The number of phenols is 2. The van der Waals surface area contributed by atoms with Gasteiger partial charge in [0.2, 0.25) is 0 Å². The number of phenolic OH excluding ortho intramolecular Hbond substituents is 2. The summed E-state index contributed by atoms with van der Waals surface area (Å²) in [6.07, 6.45) is 0. The highest BCUT2D eigenvalue weighted by atomic mass is 16.3. The Labute approximate surface area is 118 Å². The Morgan fingerprint density at radius 3 is 1.20 bits per heavy atom. The molecule has 0 unspecified atom stereocenters. The van der Waals surface area contributed by atoms with Crippen molar-refractivity contribution in [3.05, 3.63) is 84.9 Å². The van der Waals surface area contributed by atoms with Gasteiger partial charge >= 0.3 is 0 Å². The van der Waals surface area contributed by atoms with Gasteiger partial charge in [-0.15, -0.1) is 0 Å². The van der Waals surface area contributed by atoms with Crippen molar-refractivity contribution in [1.82, 2.24) is 0 Å². The molecule has 2 heteroatoms. The lowest BCUT2D eigenvalue weighted by Gasteiger charge is -2.01. The van der Waals surface area contributed by atoms with E-state index >= 15 is 0 Å². The molecule has 0 saturated heterocycles. The Kier molecular flexibility index (Phi) is 4.79. The molecule has 0 atom stereocenters. The minimum absolute atomic E-state index is 0.257. The Morgan fingerprint density at radius 1 is 0.550 bits per heavy atom. The standard InChI is InChI=1S/C12H10O2.C6H5/c13-11-5-1-9(2-6-11)10-3-7-12(14)8-4-10;1-2-4-6-5-3-1/h1-8,13-14H;1-5H. The van der Waals surface area contributed by atoms with Crippen LogP contribution in [0.2, 0.25) is 0 Å². The van der Waals surface area contributed by atoms with E-state index in [1.807, 2.05) is 54.6 Å². The van der Waals surface area contributed by atoms with E-state index in [2.05, 4.69) is 6.07 Å². The van der Waals surface area contributed by atoms with Gasteiger partial charge in [-0.1, -0.05) is 54.6 Å². The summed E-state index contributed by atoms with van der Waals surface area (Å²) >= 11 is 0. The van der Waals surface area contributed by atoms with Gasteiger partial charge in [-0.05, 0) is 41.5 Å². The van der Waals surface area contributed by atoms with Crippen molar-refractivity contribution in [1.29, 1.82) is 0 Å². The molecular formula is C18H15O2. The molecule has 3 rings (SSSR count). The normalized spacial score (nSPS) is 9.40. The van der Waals surface area contributed by atoms with Crippen LogP contribution in [0.1, 0.15) is 0 Å². The van der Waals surface area contributed by atoms with Crippen molar-refractivity contribution in [2.45, 2.75) is 0 Å². The van der Waals surface area contributed by atoms with Crippen molar-refractivity contribution in [3.63, 3.8) is 0 Å². The highest BCUT2D eigenvalue weighted by Gasteiger charge is 1.96. The Morgan fingerprint density at radius 2 is 0.950 bits per heavy atom. The molecule has 0 aliphatic heterocycles. The van der Waals surface area contributed by atoms with E-state index in [0.717, 1.165) is 11.1 Å². The van der Waals surface area contributed by atoms with Crippen molar-refractivity contribution in [2.75, 3.05) is 0 Å². The van der Waals surface area contributed by atoms with Crippen molar-refractivity contribution in [2.24, 2.45) is 0 Å². The summed E-state index contributed by atoms with van der Waals surface area (Å²) in [6.45, 7) is 0. The number of benzene rings is 3. The van der Waals surface area contributed by atoms with Gasteiger partial charge in [0.25, 0.3) is 0 Å². The van der Waals surface area contributed by atoms with E-state index in [4.69, 9.17) is 10.2 Å². The number of hydrogen-bond donors (Lipinski definition) is 2. The van der Waals surface area contributed by atoms with Crippen molar-refractivity contribution >= 4 is 0 Å². The van der Waals surface area contributed by atoms with Crippen LogP contribution in [0.25, 0.3) is 11.1 Å². The molecule has 99 valence electrons. The summed E-state index contributed by atoms with van der Waals surface area (Å²) < 4.78 is 0. The molecule has 1 radical (unpaired) electrons. The summed E-state index contributed by atoms with van der Waals surface area (Å²) in [5.41, 5.74) is 2.03. The molecule has 0 aliphatic carbocycles. The summed E-state index contributed by atoms with van der Waals surface area (Å²) in [5.74, 6) is 0.514. The second kappa shape index (κ2) is 7.00. The maximum absolute atomic E-state index is 9.11. The topological polar surface area (TPSA) is 40.5 Å². The van der Waals surface area contributed by atoms with Crippen LogP contribution in [0.15, 0.2) is 78.9 Å². The van der Waals surface area contributed by atoms with Gasteiger partial charge in [-0.2, -0.15) is 0 Å². The van der Waals surface area contributed by atoms with Crippen LogP contribution < -0.4 is 0 Å². The largest absolute Gasteiger partial charge is 0.508 e. The smallest absolute Gasteiger partial charge is 0.115 e. The van der Waals surface area contributed by atoms with E-state index in [-0.39, 0.29) is 11.5 Å². The van der Waals surface area contributed by atoms with E-state index in [1.165, 1.54) is 0 Å².